The molecule has 5 heteroatoms. The van der Waals surface area contributed by atoms with Gasteiger partial charge in [-0.2, -0.15) is 5.10 Å². The summed E-state index contributed by atoms with van der Waals surface area (Å²) in [5.41, 5.74) is 10.8. The summed E-state index contributed by atoms with van der Waals surface area (Å²) in [6, 6.07) is 16.2. The lowest BCUT2D eigenvalue weighted by Gasteiger charge is -2.26. The van der Waals surface area contributed by atoms with Crippen LogP contribution in [0.4, 0.5) is 0 Å². The second kappa shape index (κ2) is 7.20. The molecule has 0 aliphatic rings. The number of carbonyl (C=O) groups excluding carboxylic acids is 1. The Balaban J connectivity index is 1.99. The third-order valence-electron chi connectivity index (χ3n) is 5.23. The minimum absolute atomic E-state index is 0.157. The van der Waals surface area contributed by atoms with Crippen molar-refractivity contribution in [1.29, 1.82) is 0 Å². The van der Waals surface area contributed by atoms with Crippen molar-refractivity contribution < 1.29 is 4.79 Å². The van der Waals surface area contributed by atoms with Crippen molar-refractivity contribution in [1.82, 2.24) is 9.78 Å². The van der Waals surface area contributed by atoms with Crippen molar-refractivity contribution in [2.24, 2.45) is 5.73 Å². The molecule has 0 radical (unpaired) electrons. The Labute approximate surface area is 165 Å². The highest BCUT2D eigenvalue weighted by atomic mass is 35.5. The lowest BCUT2D eigenvalue weighted by atomic mass is 9.78. The van der Waals surface area contributed by atoms with Crippen molar-refractivity contribution in [2.75, 3.05) is 0 Å². The van der Waals surface area contributed by atoms with E-state index in [0.29, 0.717) is 12.1 Å². The van der Waals surface area contributed by atoms with E-state index in [0.717, 1.165) is 22.0 Å². The van der Waals surface area contributed by atoms with Crippen LogP contribution in [0.5, 0.6) is 0 Å². The summed E-state index contributed by atoms with van der Waals surface area (Å²) in [4.78, 5) is 11.7. The molecule has 0 saturated heterocycles. The molecule has 0 atom stereocenters. The Morgan fingerprint density at radius 1 is 1.07 bits per heavy atom. The van der Waals surface area contributed by atoms with E-state index in [-0.39, 0.29) is 5.41 Å². The normalized spacial score (nSPS) is 11.6. The van der Waals surface area contributed by atoms with E-state index in [9.17, 15) is 4.79 Å². The van der Waals surface area contributed by atoms with E-state index >= 15 is 0 Å². The third kappa shape index (κ3) is 3.50. The largest absolute Gasteiger partial charge is 0.364 e. The third-order valence-corrected chi connectivity index (χ3v) is 5.48. The second-order valence-electron chi connectivity index (χ2n) is 7.22. The van der Waals surface area contributed by atoms with Gasteiger partial charge >= 0.3 is 0 Å². The highest BCUT2D eigenvalue weighted by Gasteiger charge is 2.23. The van der Waals surface area contributed by atoms with Gasteiger partial charge < -0.3 is 5.73 Å². The summed E-state index contributed by atoms with van der Waals surface area (Å²) < 4.78 is 1.79. The zero-order chi connectivity index (χ0) is 19.8. The molecular formula is C22H24ClN3O. The highest BCUT2D eigenvalue weighted by molar-refractivity contribution is 6.30. The summed E-state index contributed by atoms with van der Waals surface area (Å²) in [7, 11) is 0. The van der Waals surface area contributed by atoms with Crippen LogP contribution in [0.15, 0.2) is 48.5 Å². The molecule has 4 nitrogen and oxygen atoms in total. The number of hydrogen-bond donors (Lipinski definition) is 1. The van der Waals surface area contributed by atoms with Crippen LogP contribution in [0.3, 0.4) is 0 Å². The molecule has 0 aliphatic carbocycles. The molecule has 3 aromatic rings. The number of carbonyl (C=O) groups is 1. The summed E-state index contributed by atoms with van der Waals surface area (Å²) in [5, 5.41) is 5.17. The number of nitrogens with zero attached hydrogens (tertiary/aromatic N) is 2. The van der Waals surface area contributed by atoms with Crippen molar-refractivity contribution in [3.8, 4) is 5.69 Å². The second-order valence-corrected chi connectivity index (χ2v) is 7.66. The number of nitrogens with two attached hydrogens (primary N) is 1. The van der Waals surface area contributed by atoms with Gasteiger partial charge in [0.05, 0.1) is 5.69 Å². The minimum Gasteiger partial charge on any atom is -0.364 e. The SMILES string of the molecule is CCc1c(C(N)=O)nn(-c2ccc(C(C)(C)c3ccc(Cl)cc3)cc2)c1C. The van der Waals surface area contributed by atoms with Crippen molar-refractivity contribution in [3.05, 3.63) is 81.6 Å². The van der Waals surface area contributed by atoms with Gasteiger partial charge in [0.2, 0.25) is 0 Å². The Hall–Kier alpha value is -2.59. The molecule has 27 heavy (non-hydrogen) atoms. The van der Waals surface area contributed by atoms with E-state index in [2.05, 4.69) is 43.2 Å². The zero-order valence-electron chi connectivity index (χ0n) is 16.1. The molecule has 2 aromatic carbocycles. The van der Waals surface area contributed by atoms with E-state index in [1.54, 1.807) is 4.68 Å². The van der Waals surface area contributed by atoms with E-state index in [1.165, 1.54) is 11.1 Å². The van der Waals surface area contributed by atoms with Crippen LogP contribution in [0, 0.1) is 6.92 Å². The number of hydrogen-bond acceptors (Lipinski definition) is 2. The fraction of sp³-hybridized carbons (Fsp3) is 0.273. The standard InChI is InChI=1S/C22H24ClN3O/c1-5-19-14(2)26(25-20(19)21(24)27)18-12-8-16(9-13-18)22(3,4)15-6-10-17(23)11-7-15/h6-13H,5H2,1-4H3,(H2,24,27). The Bertz CT molecular complexity index is 970. The van der Waals surface area contributed by atoms with Gasteiger partial charge in [0, 0.05) is 21.7 Å². The molecule has 0 saturated carbocycles. The average Bonchev–Trinajstić information content (AvgIpc) is 2.99. The summed E-state index contributed by atoms with van der Waals surface area (Å²) in [5.74, 6) is -0.491. The highest BCUT2D eigenvalue weighted by Crippen LogP contribution is 2.32. The van der Waals surface area contributed by atoms with Crippen LogP contribution in [-0.4, -0.2) is 15.7 Å². The van der Waals surface area contributed by atoms with Gasteiger partial charge in [-0.3, -0.25) is 4.79 Å². The van der Waals surface area contributed by atoms with E-state index < -0.39 is 5.91 Å². The average molecular weight is 382 g/mol. The molecule has 0 bridgehead atoms. The number of primary amides is 1. The predicted octanol–water partition coefficient (Wildman–Crippen LogP) is 4.82. The van der Waals surface area contributed by atoms with E-state index in [1.807, 2.05) is 38.1 Å². The van der Waals surface area contributed by atoms with Gasteiger partial charge in [0.1, 0.15) is 0 Å². The Morgan fingerprint density at radius 2 is 1.59 bits per heavy atom. The summed E-state index contributed by atoms with van der Waals surface area (Å²) in [6.45, 7) is 8.33. The lowest BCUT2D eigenvalue weighted by molar-refractivity contribution is 0.0994. The Morgan fingerprint density at radius 3 is 2.04 bits per heavy atom. The van der Waals surface area contributed by atoms with Gasteiger partial charge in [-0.15, -0.1) is 0 Å². The molecule has 1 heterocycles. The molecule has 1 aromatic heterocycles. The van der Waals surface area contributed by atoms with E-state index in [4.69, 9.17) is 17.3 Å². The predicted molar refractivity (Wildman–Crippen MR) is 110 cm³/mol. The monoisotopic (exact) mass is 381 g/mol. The van der Waals surface area contributed by atoms with Crippen molar-refractivity contribution >= 4 is 17.5 Å². The summed E-state index contributed by atoms with van der Waals surface area (Å²) in [6.07, 6.45) is 0.714. The van der Waals surface area contributed by atoms with Crippen molar-refractivity contribution in [3.63, 3.8) is 0 Å². The first-order valence-corrected chi connectivity index (χ1v) is 9.38. The maximum absolute atomic E-state index is 11.7. The molecule has 0 unspecified atom stereocenters. The van der Waals surface area contributed by atoms with Gasteiger partial charge in [-0.1, -0.05) is 56.6 Å². The number of benzene rings is 2. The minimum atomic E-state index is -0.491. The topological polar surface area (TPSA) is 60.9 Å². The van der Waals surface area contributed by atoms with Crippen LogP contribution < -0.4 is 5.73 Å². The van der Waals surface area contributed by atoms with Crippen LogP contribution in [0.2, 0.25) is 5.02 Å². The maximum atomic E-state index is 11.7. The van der Waals surface area contributed by atoms with Gasteiger partial charge in [0.15, 0.2) is 5.69 Å². The van der Waals surface area contributed by atoms with Crippen LogP contribution in [0.1, 0.15) is 53.6 Å². The molecular weight excluding hydrogens is 358 g/mol. The van der Waals surface area contributed by atoms with Crippen LogP contribution in [0.25, 0.3) is 5.69 Å². The smallest absolute Gasteiger partial charge is 0.269 e. The molecule has 1 amide bonds. The first-order valence-electron chi connectivity index (χ1n) is 9.01. The Kier molecular flexibility index (Phi) is 5.11. The molecule has 2 N–H and O–H groups in total. The number of amides is 1. The number of aromatic nitrogens is 2. The maximum Gasteiger partial charge on any atom is 0.269 e. The molecule has 140 valence electrons. The quantitative estimate of drug-likeness (QED) is 0.688. The van der Waals surface area contributed by atoms with Crippen LogP contribution in [-0.2, 0) is 11.8 Å². The van der Waals surface area contributed by atoms with Gasteiger partial charge in [0.25, 0.3) is 5.91 Å². The summed E-state index contributed by atoms with van der Waals surface area (Å²) >= 11 is 6.02. The van der Waals surface area contributed by atoms with Gasteiger partial charge in [-0.05, 0) is 48.7 Å². The molecule has 0 fully saturated rings. The first kappa shape index (κ1) is 19.2. The number of rotatable bonds is 5. The molecule has 0 aliphatic heterocycles. The van der Waals surface area contributed by atoms with Crippen molar-refractivity contribution in [2.45, 2.75) is 39.5 Å². The lowest BCUT2D eigenvalue weighted by Crippen LogP contribution is -2.18. The van der Waals surface area contributed by atoms with Gasteiger partial charge in [-0.25, -0.2) is 4.68 Å². The fourth-order valence-corrected chi connectivity index (χ4v) is 3.59. The van der Waals surface area contributed by atoms with Crippen LogP contribution >= 0.6 is 11.6 Å². The molecule has 0 spiro atoms. The zero-order valence-corrected chi connectivity index (χ0v) is 16.8. The fourth-order valence-electron chi connectivity index (χ4n) is 3.46. The molecule has 3 rings (SSSR count). The number of halogens is 1. The first-order chi connectivity index (χ1) is 12.8.